The van der Waals surface area contributed by atoms with Crippen molar-refractivity contribution in [2.24, 2.45) is 0 Å². The Hall–Kier alpha value is -1.60. The summed E-state index contributed by atoms with van der Waals surface area (Å²) in [7, 11) is 0. The summed E-state index contributed by atoms with van der Waals surface area (Å²) < 4.78 is 89.5. The van der Waals surface area contributed by atoms with Crippen molar-refractivity contribution in [3.8, 4) is 5.75 Å². The van der Waals surface area contributed by atoms with E-state index in [0.717, 1.165) is 12.1 Å². The van der Waals surface area contributed by atoms with Gasteiger partial charge in [-0.3, -0.25) is 0 Å². The number of alkyl halides is 6. The second-order valence-electron chi connectivity index (χ2n) is 5.03. The van der Waals surface area contributed by atoms with Gasteiger partial charge in [-0.1, -0.05) is 12.1 Å². The van der Waals surface area contributed by atoms with Crippen LogP contribution in [0.1, 0.15) is 5.56 Å². The summed E-state index contributed by atoms with van der Waals surface area (Å²) in [6, 6.07) is 4.76. The predicted octanol–water partition coefficient (Wildman–Crippen LogP) is 1.72. The molecule has 0 aliphatic carbocycles. The average Bonchev–Trinajstić information content (AvgIpc) is 2.56. The van der Waals surface area contributed by atoms with E-state index in [0.29, 0.717) is 0 Å². The predicted molar refractivity (Wildman–Crippen MR) is 72.8 cm³/mol. The second kappa shape index (κ2) is 8.86. The van der Waals surface area contributed by atoms with Crippen molar-refractivity contribution in [1.82, 2.24) is 0 Å². The van der Waals surface area contributed by atoms with E-state index in [1.54, 1.807) is 0 Å². The van der Waals surface area contributed by atoms with Gasteiger partial charge in [0.15, 0.2) is 6.79 Å². The Morgan fingerprint density at radius 3 is 2.08 bits per heavy atom. The highest BCUT2D eigenvalue weighted by Gasteiger charge is 2.73. The van der Waals surface area contributed by atoms with Crippen LogP contribution in [0.2, 0.25) is 0 Å². The minimum Gasteiger partial charge on any atom is -0.468 e. The molecule has 1 rings (SSSR count). The second-order valence-corrected chi connectivity index (χ2v) is 5.03. The topological polar surface area (TPSA) is 88.4 Å². The Kier molecular flexibility index (Phi) is 7.65. The number of aliphatic hydroxyl groups excluding tert-OH is 2. The Labute approximate surface area is 143 Å². The van der Waals surface area contributed by atoms with Crippen molar-refractivity contribution in [3.05, 3.63) is 29.8 Å². The van der Waals surface area contributed by atoms with E-state index in [9.17, 15) is 26.3 Å². The highest BCUT2D eigenvalue weighted by molar-refractivity contribution is 5.26. The van der Waals surface area contributed by atoms with Crippen molar-refractivity contribution in [2.75, 3.05) is 20.0 Å². The van der Waals surface area contributed by atoms with Crippen LogP contribution in [0.3, 0.4) is 0 Å². The summed E-state index contributed by atoms with van der Waals surface area (Å²) in [4.78, 5) is 0. The highest BCUT2D eigenvalue weighted by atomic mass is 19.4. The third-order valence-electron chi connectivity index (χ3n) is 2.92. The Balaban J connectivity index is 2.52. The maximum Gasteiger partial charge on any atom is 0.428 e. The lowest BCUT2D eigenvalue weighted by Gasteiger charge is -2.28. The lowest BCUT2D eigenvalue weighted by atomic mass is 10.2. The Morgan fingerprint density at radius 1 is 1.00 bits per heavy atom. The lowest BCUT2D eigenvalue weighted by Crippen LogP contribution is -2.55. The number of ether oxygens (including phenoxy) is 3. The molecule has 1 unspecified atom stereocenters. The molecule has 1 aromatic rings. The van der Waals surface area contributed by atoms with Crippen molar-refractivity contribution < 1.29 is 55.9 Å². The normalized spacial score (nSPS) is 14.3. The van der Waals surface area contributed by atoms with Crippen LogP contribution in [0.25, 0.3) is 0 Å². The molecule has 1 atom stereocenters. The van der Waals surface area contributed by atoms with Gasteiger partial charge in [-0.15, -0.1) is 0 Å². The smallest absolute Gasteiger partial charge is 0.428 e. The van der Waals surface area contributed by atoms with Gasteiger partial charge in [-0.25, -0.2) is 0 Å². The van der Waals surface area contributed by atoms with E-state index >= 15 is 0 Å². The number of hydrogen-bond acceptors (Lipinski definition) is 6. The number of hydrogen-bond donors (Lipinski definition) is 3. The van der Waals surface area contributed by atoms with E-state index in [4.69, 9.17) is 24.8 Å². The third-order valence-corrected chi connectivity index (χ3v) is 2.92. The van der Waals surface area contributed by atoms with Crippen LogP contribution in [0.15, 0.2) is 24.3 Å². The van der Waals surface area contributed by atoms with Crippen molar-refractivity contribution in [2.45, 2.75) is 30.9 Å². The molecule has 0 aromatic heterocycles. The molecule has 26 heavy (non-hydrogen) atoms. The molecule has 0 fully saturated rings. The van der Waals surface area contributed by atoms with Gasteiger partial charge in [-0.05, 0) is 17.7 Å². The fourth-order valence-electron chi connectivity index (χ4n) is 1.47. The third kappa shape index (κ3) is 5.99. The molecule has 0 heterocycles. The van der Waals surface area contributed by atoms with Crippen LogP contribution in [-0.2, 0) is 16.1 Å². The van der Waals surface area contributed by atoms with Gasteiger partial charge in [0.1, 0.15) is 11.9 Å². The van der Waals surface area contributed by atoms with Gasteiger partial charge in [0.05, 0.1) is 19.8 Å². The molecule has 0 amide bonds. The van der Waals surface area contributed by atoms with Gasteiger partial charge in [0.2, 0.25) is 0 Å². The SMILES string of the molecule is OCC(O)COCOc1ccc(COC(F)(F)C(F)(F)C(O)(F)F)cc1. The summed E-state index contributed by atoms with van der Waals surface area (Å²) >= 11 is 0. The summed E-state index contributed by atoms with van der Waals surface area (Å²) in [5.74, 6) is -5.93. The largest absolute Gasteiger partial charge is 0.468 e. The maximum atomic E-state index is 13.1. The van der Waals surface area contributed by atoms with Crippen LogP contribution in [0.4, 0.5) is 26.3 Å². The minimum absolute atomic E-state index is 0.0642. The zero-order valence-corrected chi connectivity index (χ0v) is 13.0. The lowest BCUT2D eigenvalue weighted by molar-refractivity contribution is -0.443. The molecule has 150 valence electrons. The van der Waals surface area contributed by atoms with E-state index in [-0.39, 0.29) is 24.7 Å². The summed E-state index contributed by atoms with van der Waals surface area (Å²) in [5.41, 5.74) is -0.0642. The van der Waals surface area contributed by atoms with Crippen LogP contribution < -0.4 is 4.74 Å². The first-order valence-corrected chi connectivity index (χ1v) is 6.99. The van der Waals surface area contributed by atoms with Crippen LogP contribution in [-0.4, -0.2) is 59.6 Å². The Morgan fingerprint density at radius 2 is 1.58 bits per heavy atom. The van der Waals surface area contributed by atoms with Gasteiger partial charge in [0, 0.05) is 0 Å². The monoisotopic (exact) mass is 394 g/mol. The molecule has 1 aromatic carbocycles. The van der Waals surface area contributed by atoms with E-state index in [1.807, 2.05) is 0 Å². The molecule has 0 bridgehead atoms. The minimum atomic E-state index is -6.11. The van der Waals surface area contributed by atoms with Crippen molar-refractivity contribution in [3.63, 3.8) is 0 Å². The van der Waals surface area contributed by atoms with Crippen LogP contribution >= 0.6 is 0 Å². The van der Waals surface area contributed by atoms with Crippen LogP contribution in [0.5, 0.6) is 5.75 Å². The maximum absolute atomic E-state index is 13.1. The molecule has 6 nitrogen and oxygen atoms in total. The number of benzene rings is 1. The molecule has 0 saturated carbocycles. The van der Waals surface area contributed by atoms with Crippen molar-refractivity contribution >= 4 is 0 Å². The molecule has 12 heteroatoms. The van der Waals surface area contributed by atoms with Gasteiger partial charge >= 0.3 is 18.1 Å². The van der Waals surface area contributed by atoms with Gasteiger partial charge in [0.25, 0.3) is 0 Å². The number of halogens is 6. The molecular formula is C14H16F6O6. The number of rotatable bonds is 11. The number of aliphatic hydroxyl groups is 3. The van der Waals surface area contributed by atoms with E-state index in [1.165, 1.54) is 12.1 Å². The quantitative estimate of drug-likeness (QED) is 0.301. The molecule has 0 aliphatic heterocycles. The standard InChI is InChI=1S/C14H16F6O6/c15-12(16,13(17,18)23)14(19,20)26-6-9-1-3-11(4-2-9)25-8-24-7-10(22)5-21/h1-4,10,21-23H,5-8H2. The molecule has 0 radical (unpaired) electrons. The molecular weight excluding hydrogens is 378 g/mol. The first kappa shape index (κ1) is 22.4. The van der Waals surface area contributed by atoms with E-state index in [2.05, 4.69) is 4.74 Å². The molecule has 0 spiro atoms. The summed E-state index contributed by atoms with van der Waals surface area (Å²) in [5, 5.41) is 25.4. The summed E-state index contributed by atoms with van der Waals surface area (Å²) in [6.07, 6.45) is -12.6. The fraction of sp³-hybridized carbons (Fsp3) is 0.571. The zero-order valence-electron chi connectivity index (χ0n) is 13.0. The molecule has 3 N–H and O–H groups in total. The summed E-state index contributed by atoms with van der Waals surface area (Å²) in [6.45, 7) is -2.14. The highest BCUT2D eigenvalue weighted by Crippen LogP contribution is 2.45. The van der Waals surface area contributed by atoms with Crippen LogP contribution in [0, 0.1) is 0 Å². The van der Waals surface area contributed by atoms with Gasteiger partial charge in [-0.2, -0.15) is 26.3 Å². The Bertz CT molecular complexity index is 548. The zero-order chi connectivity index (χ0) is 20.0. The molecule has 0 saturated heterocycles. The van der Waals surface area contributed by atoms with E-state index < -0.39 is 37.5 Å². The van der Waals surface area contributed by atoms with Crippen molar-refractivity contribution in [1.29, 1.82) is 0 Å². The van der Waals surface area contributed by atoms with Gasteiger partial charge < -0.3 is 29.5 Å². The fourth-order valence-corrected chi connectivity index (χ4v) is 1.47. The average molecular weight is 394 g/mol. The first-order chi connectivity index (χ1) is 11.9. The first-order valence-electron chi connectivity index (χ1n) is 6.99. The molecule has 0 aliphatic rings.